The van der Waals surface area contributed by atoms with Gasteiger partial charge in [-0.15, -0.1) is 0 Å². The lowest BCUT2D eigenvalue weighted by Crippen LogP contribution is -2.17. The second kappa shape index (κ2) is 5.64. The zero-order chi connectivity index (χ0) is 16.6. The van der Waals surface area contributed by atoms with Crippen LogP contribution in [0.5, 0.6) is 0 Å². The first-order valence-corrected chi connectivity index (χ1v) is 6.89. The summed E-state index contributed by atoms with van der Waals surface area (Å²) in [4.78, 5) is 48.4. The van der Waals surface area contributed by atoms with Crippen molar-refractivity contribution in [3.8, 4) is 0 Å². The van der Waals surface area contributed by atoms with Gasteiger partial charge in [0.25, 0.3) is 0 Å². The van der Waals surface area contributed by atoms with Crippen molar-refractivity contribution in [1.82, 2.24) is 0 Å². The van der Waals surface area contributed by atoms with Gasteiger partial charge in [-0.05, 0) is 38.5 Å². The summed E-state index contributed by atoms with van der Waals surface area (Å²) < 4.78 is 0. The van der Waals surface area contributed by atoms with E-state index >= 15 is 0 Å². The van der Waals surface area contributed by atoms with Crippen LogP contribution in [0, 0.1) is 0 Å². The molecule has 2 rings (SSSR count). The molecule has 0 amide bonds. The van der Waals surface area contributed by atoms with Crippen LogP contribution in [0.15, 0.2) is 24.3 Å². The molecule has 0 atom stereocenters. The monoisotopic (exact) mass is 296 g/mol. The van der Waals surface area contributed by atoms with Crippen molar-refractivity contribution in [3.05, 3.63) is 46.5 Å². The van der Waals surface area contributed by atoms with Crippen LogP contribution in [0.4, 0.5) is 0 Å². The second-order valence-electron chi connectivity index (χ2n) is 5.27. The molecule has 22 heavy (non-hydrogen) atoms. The Bertz CT molecular complexity index is 773. The van der Waals surface area contributed by atoms with Gasteiger partial charge in [-0.3, -0.25) is 19.2 Å². The van der Waals surface area contributed by atoms with Crippen LogP contribution < -0.4 is 0 Å². The number of benzene rings is 2. The van der Waals surface area contributed by atoms with E-state index in [2.05, 4.69) is 0 Å². The summed E-state index contributed by atoms with van der Waals surface area (Å²) in [5.41, 5.74) is 0.504. The smallest absolute Gasteiger partial charge is 0.161 e. The van der Waals surface area contributed by atoms with Crippen molar-refractivity contribution >= 4 is 33.9 Å². The quantitative estimate of drug-likeness (QED) is 0.808. The predicted octanol–water partition coefficient (Wildman–Crippen LogP) is 3.65. The van der Waals surface area contributed by atoms with Gasteiger partial charge in [0.2, 0.25) is 0 Å². The molecule has 0 saturated carbocycles. The molecule has 0 aliphatic rings. The number of Topliss-reactive ketones (excluding diaryl/α,β-unsaturated/α-hetero) is 4. The van der Waals surface area contributed by atoms with Gasteiger partial charge < -0.3 is 0 Å². The highest BCUT2D eigenvalue weighted by molar-refractivity contribution is 6.26. The van der Waals surface area contributed by atoms with E-state index < -0.39 is 11.6 Å². The summed E-state index contributed by atoms with van der Waals surface area (Å²) in [6.45, 7) is 5.30. The molecule has 0 N–H and O–H groups in total. The van der Waals surface area contributed by atoms with Crippen molar-refractivity contribution in [1.29, 1.82) is 0 Å². The highest BCUT2D eigenvalue weighted by Gasteiger charge is 2.27. The molecule has 0 aliphatic carbocycles. The molecule has 0 aliphatic heterocycles. The molecular weight excluding hydrogens is 280 g/mol. The molecule has 0 aromatic heterocycles. The standard InChI is InChI=1S/C18H16O4/c1-9(19)15-13-7-5-6-8-14(13)16(10(2)20)18(12(4)22)17(15)11(3)21/h5-8H,1-4H3. The fourth-order valence-electron chi connectivity index (χ4n) is 2.87. The molecule has 0 fully saturated rings. The van der Waals surface area contributed by atoms with E-state index in [-0.39, 0.29) is 33.8 Å². The third kappa shape index (κ3) is 2.37. The molecule has 2 aromatic carbocycles. The minimum absolute atomic E-state index is 0.0453. The van der Waals surface area contributed by atoms with E-state index in [1.165, 1.54) is 27.7 Å². The molecule has 4 heteroatoms. The Morgan fingerprint density at radius 2 is 0.818 bits per heavy atom. The maximum Gasteiger partial charge on any atom is 0.161 e. The number of hydrogen-bond donors (Lipinski definition) is 0. The van der Waals surface area contributed by atoms with Gasteiger partial charge in [0.1, 0.15) is 0 Å². The van der Waals surface area contributed by atoms with Crippen molar-refractivity contribution in [3.63, 3.8) is 0 Å². The Kier molecular flexibility index (Phi) is 4.04. The van der Waals surface area contributed by atoms with E-state index in [9.17, 15) is 19.2 Å². The van der Waals surface area contributed by atoms with Gasteiger partial charge in [0, 0.05) is 22.3 Å². The topological polar surface area (TPSA) is 68.3 Å². The summed E-state index contributed by atoms with van der Waals surface area (Å²) in [5.74, 6) is -1.41. The van der Waals surface area contributed by atoms with E-state index in [0.717, 1.165) is 0 Å². The molecule has 0 saturated heterocycles. The van der Waals surface area contributed by atoms with Crippen LogP contribution in [-0.2, 0) is 0 Å². The number of carbonyl (C=O) groups is 4. The number of rotatable bonds is 4. The van der Waals surface area contributed by atoms with Crippen LogP contribution in [-0.4, -0.2) is 23.1 Å². The minimum atomic E-state index is -0.399. The van der Waals surface area contributed by atoms with Gasteiger partial charge in [0.05, 0.1) is 0 Å². The lowest BCUT2D eigenvalue weighted by molar-refractivity contribution is 0.0960. The molecule has 4 nitrogen and oxygen atoms in total. The highest BCUT2D eigenvalue weighted by atomic mass is 16.1. The van der Waals surface area contributed by atoms with Crippen LogP contribution in [0.25, 0.3) is 10.8 Å². The average molecular weight is 296 g/mol. The van der Waals surface area contributed by atoms with E-state index in [1.807, 2.05) is 0 Å². The summed E-state index contributed by atoms with van der Waals surface area (Å²) in [6, 6.07) is 6.84. The SMILES string of the molecule is CC(=O)c1c(C(C)=O)c(C(C)=O)c2ccccc2c1C(C)=O. The summed E-state index contributed by atoms with van der Waals surface area (Å²) >= 11 is 0. The van der Waals surface area contributed by atoms with Gasteiger partial charge >= 0.3 is 0 Å². The number of hydrogen-bond acceptors (Lipinski definition) is 4. The molecule has 0 spiro atoms. The minimum Gasteiger partial charge on any atom is -0.294 e. The highest BCUT2D eigenvalue weighted by Crippen LogP contribution is 2.32. The first-order chi connectivity index (χ1) is 10.3. The fraction of sp³-hybridized carbons (Fsp3) is 0.222. The van der Waals surface area contributed by atoms with Gasteiger partial charge in [-0.2, -0.15) is 0 Å². The second-order valence-corrected chi connectivity index (χ2v) is 5.27. The molecule has 0 heterocycles. The Balaban J connectivity index is 3.25. The van der Waals surface area contributed by atoms with Crippen molar-refractivity contribution in [2.75, 3.05) is 0 Å². The number of ketones is 4. The van der Waals surface area contributed by atoms with Crippen molar-refractivity contribution in [2.45, 2.75) is 27.7 Å². The Morgan fingerprint density at radius 3 is 1.05 bits per heavy atom. The first-order valence-electron chi connectivity index (χ1n) is 6.89. The van der Waals surface area contributed by atoms with Gasteiger partial charge in [0.15, 0.2) is 23.1 Å². The molecule has 112 valence electrons. The zero-order valence-corrected chi connectivity index (χ0v) is 12.9. The van der Waals surface area contributed by atoms with Crippen LogP contribution in [0.3, 0.4) is 0 Å². The van der Waals surface area contributed by atoms with E-state index in [0.29, 0.717) is 10.8 Å². The fourth-order valence-corrected chi connectivity index (χ4v) is 2.87. The Labute approximate surface area is 128 Å². The summed E-state index contributed by atoms with van der Waals surface area (Å²) in [6.07, 6.45) is 0. The lowest BCUT2D eigenvalue weighted by Gasteiger charge is -2.17. The molecule has 2 aromatic rings. The van der Waals surface area contributed by atoms with Crippen molar-refractivity contribution < 1.29 is 19.2 Å². The zero-order valence-electron chi connectivity index (χ0n) is 12.9. The molecular formula is C18H16O4. The third-order valence-electron chi connectivity index (χ3n) is 3.62. The predicted molar refractivity (Wildman–Crippen MR) is 84.0 cm³/mol. The summed E-state index contributed by atoms with van der Waals surface area (Å²) in [7, 11) is 0. The lowest BCUT2D eigenvalue weighted by atomic mass is 9.83. The molecule has 0 unspecified atom stereocenters. The average Bonchev–Trinajstić information content (AvgIpc) is 2.43. The van der Waals surface area contributed by atoms with Gasteiger partial charge in [-0.25, -0.2) is 0 Å². The normalized spacial score (nSPS) is 10.5. The van der Waals surface area contributed by atoms with Crippen LogP contribution in [0.2, 0.25) is 0 Å². The number of fused-ring (bicyclic) bond motifs is 1. The third-order valence-corrected chi connectivity index (χ3v) is 3.62. The van der Waals surface area contributed by atoms with Crippen molar-refractivity contribution in [2.24, 2.45) is 0 Å². The molecule has 0 radical (unpaired) electrons. The molecule has 0 bridgehead atoms. The largest absolute Gasteiger partial charge is 0.294 e. The van der Waals surface area contributed by atoms with Crippen LogP contribution >= 0.6 is 0 Å². The maximum absolute atomic E-state index is 12.1. The van der Waals surface area contributed by atoms with E-state index in [1.54, 1.807) is 24.3 Å². The Hall–Kier alpha value is -2.62. The maximum atomic E-state index is 12.1. The summed E-state index contributed by atoms with van der Waals surface area (Å²) in [5, 5.41) is 1.05. The number of carbonyl (C=O) groups excluding carboxylic acids is 4. The van der Waals surface area contributed by atoms with Crippen LogP contribution in [0.1, 0.15) is 69.1 Å². The van der Waals surface area contributed by atoms with Gasteiger partial charge in [-0.1, -0.05) is 24.3 Å². The first kappa shape index (κ1) is 15.8. The Morgan fingerprint density at radius 1 is 0.545 bits per heavy atom. The van der Waals surface area contributed by atoms with E-state index in [4.69, 9.17) is 0 Å².